The summed E-state index contributed by atoms with van der Waals surface area (Å²) in [4.78, 5) is 21.2. The van der Waals surface area contributed by atoms with Gasteiger partial charge in [-0.1, -0.05) is 6.07 Å². The van der Waals surface area contributed by atoms with Crippen molar-refractivity contribution < 1.29 is 28.2 Å². The molecule has 4 nitrogen and oxygen atoms in total. The Bertz CT molecular complexity index is 390. The molecule has 0 amide bonds. The van der Waals surface area contributed by atoms with Crippen LogP contribution < -0.4 is 4.74 Å². The van der Waals surface area contributed by atoms with E-state index in [-0.39, 0.29) is 11.8 Å². The van der Waals surface area contributed by atoms with Crippen molar-refractivity contribution in [1.29, 1.82) is 0 Å². The Morgan fingerprint density at radius 2 is 2.13 bits per heavy atom. The number of aldehydes is 1. The van der Waals surface area contributed by atoms with E-state index in [4.69, 9.17) is 5.11 Å². The van der Waals surface area contributed by atoms with Gasteiger partial charge in [0.1, 0.15) is 5.75 Å². The van der Waals surface area contributed by atoms with Crippen LogP contribution in [0.3, 0.4) is 0 Å². The molecule has 80 valence electrons. The third-order valence-electron chi connectivity index (χ3n) is 1.63. The SMILES string of the molecule is O=Cc1c(OC(F)F)cccc1C(=O)O. The molecule has 1 aromatic carbocycles. The molecular formula is C9H6F2O4. The van der Waals surface area contributed by atoms with Gasteiger partial charge in [0.05, 0.1) is 11.1 Å². The third-order valence-corrected chi connectivity index (χ3v) is 1.63. The largest absolute Gasteiger partial charge is 0.478 e. The van der Waals surface area contributed by atoms with Gasteiger partial charge in [0.15, 0.2) is 6.29 Å². The molecule has 0 unspecified atom stereocenters. The first-order chi connectivity index (χ1) is 7.06. The molecule has 15 heavy (non-hydrogen) atoms. The fourth-order valence-electron chi connectivity index (χ4n) is 1.05. The number of carbonyl (C=O) groups excluding carboxylic acids is 1. The molecule has 0 aliphatic rings. The van der Waals surface area contributed by atoms with Gasteiger partial charge < -0.3 is 9.84 Å². The Hall–Kier alpha value is -1.98. The fraction of sp³-hybridized carbons (Fsp3) is 0.111. The maximum atomic E-state index is 11.9. The average Bonchev–Trinajstić information content (AvgIpc) is 2.16. The van der Waals surface area contributed by atoms with Crippen molar-refractivity contribution in [2.45, 2.75) is 6.61 Å². The second kappa shape index (κ2) is 4.50. The highest BCUT2D eigenvalue weighted by Crippen LogP contribution is 2.22. The molecule has 0 spiro atoms. The summed E-state index contributed by atoms with van der Waals surface area (Å²) in [5, 5.41) is 8.65. The van der Waals surface area contributed by atoms with Gasteiger partial charge in [-0.25, -0.2) is 4.79 Å². The Morgan fingerprint density at radius 3 is 2.60 bits per heavy atom. The standard InChI is InChI=1S/C9H6F2O4/c10-9(11)15-7-3-1-2-5(8(13)14)6(7)4-12/h1-4,9H,(H,13,14). The predicted octanol–water partition coefficient (Wildman–Crippen LogP) is 1.80. The van der Waals surface area contributed by atoms with Crippen LogP contribution in [-0.4, -0.2) is 24.0 Å². The molecule has 6 heteroatoms. The third kappa shape index (κ3) is 2.49. The van der Waals surface area contributed by atoms with E-state index in [1.54, 1.807) is 0 Å². The number of carboxylic acid groups (broad SMARTS) is 1. The van der Waals surface area contributed by atoms with Crippen LogP contribution in [0.25, 0.3) is 0 Å². The van der Waals surface area contributed by atoms with Gasteiger partial charge in [0.25, 0.3) is 0 Å². The van der Waals surface area contributed by atoms with Crippen LogP contribution in [0.4, 0.5) is 8.78 Å². The second-order valence-corrected chi connectivity index (χ2v) is 2.52. The van der Waals surface area contributed by atoms with Crippen molar-refractivity contribution >= 4 is 12.3 Å². The number of carboxylic acids is 1. The van der Waals surface area contributed by atoms with E-state index in [0.29, 0.717) is 0 Å². The van der Waals surface area contributed by atoms with Gasteiger partial charge in [-0.3, -0.25) is 4.79 Å². The number of hydrogen-bond donors (Lipinski definition) is 1. The maximum absolute atomic E-state index is 11.9. The molecule has 1 N–H and O–H groups in total. The number of hydrogen-bond acceptors (Lipinski definition) is 3. The van der Waals surface area contributed by atoms with Crippen LogP contribution >= 0.6 is 0 Å². The van der Waals surface area contributed by atoms with E-state index in [1.807, 2.05) is 0 Å². The minimum Gasteiger partial charge on any atom is -0.478 e. The molecular weight excluding hydrogens is 210 g/mol. The fourth-order valence-corrected chi connectivity index (χ4v) is 1.05. The van der Waals surface area contributed by atoms with Crippen LogP contribution in [-0.2, 0) is 0 Å². The van der Waals surface area contributed by atoms with Gasteiger partial charge in [-0.15, -0.1) is 0 Å². The highest BCUT2D eigenvalue weighted by atomic mass is 19.3. The average molecular weight is 216 g/mol. The highest BCUT2D eigenvalue weighted by Gasteiger charge is 2.16. The van der Waals surface area contributed by atoms with Gasteiger partial charge in [-0.05, 0) is 12.1 Å². The molecule has 0 saturated carbocycles. The molecule has 0 fully saturated rings. The molecule has 0 radical (unpaired) electrons. The summed E-state index contributed by atoms with van der Waals surface area (Å²) in [7, 11) is 0. The van der Waals surface area contributed by atoms with E-state index in [0.717, 1.165) is 12.1 Å². The zero-order valence-electron chi connectivity index (χ0n) is 7.31. The number of halogens is 2. The molecule has 0 aliphatic carbocycles. The van der Waals surface area contributed by atoms with Gasteiger partial charge in [0, 0.05) is 0 Å². The first-order valence-corrected chi connectivity index (χ1v) is 3.82. The van der Waals surface area contributed by atoms with Crippen LogP contribution in [0.1, 0.15) is 20.7 Å². The Kier molecular flexibility index (Phi) is 3.33. The summed E-state index contributed by atoms with van der Waals surface area (Å²) >= 11 is 0. The molecule has 1 aromatic rings. The molecule has 0 atom stereocenters. The lowest BCUT2D eigenvalue weighted by molar-refractivity contribution is -0.0501. The zero-order chi connectivity index (χ0) is 11.4. The number of aromatic carboxylic acids is 1. The van der Waals surface area contributed by atoms with Crippen molar-refractivity contribution in [2.75, 3.05) is 0 Å². The van der Waals surface area contributed by atoms with E-state index in [1.165, 1.54) is 6.07 Å². The smallest absolute Gasteiger partial charge is 0.387 e. The van der Waals surface area contributed by atoms with Crippen molar-refractivity contribution in [3.63, 3.8) is 0 Å². The lowest BCUT2D eigenvalue weighted by atomic mass is 10.1. The van der Waals surface area contributed by atoms with Crippen LogP contribution in [0.5, 0.6) is 5.75 Å². The molecule has 0 bridgehead atoms. The summed E-state index contributed by atoms with van der Waals surface area (Å²) in [6.45, 7) is -3.10. The highest BCUT2D eigenvalue weighted by molar-refractivity contribution is 5.98. The number of ether oxygens (including phenoxy) is 1. The van der Waals surface area contributed by atoms with Crippen molar-refractivity contribution in [3.05, 3.63) is 29.3 Å². The lowest BCUT2D eigenvalue weighted by Crippen LogP contribution is -2.08. The topological polar surface area (TPSA) is 63.6 Å². The number of alkyl halides is 2. The quantitative estimate of drug-likeness (QED) is 0.779. The summed E-state index contributed by atoms with van der Waals surface area (Å²) in [5.41, 5.74) is -0.770. The second-order valence-electron chi connectivity index (χ2n) is 2.52. The number of benzene rings is 1. The van der Waals surface area contributed by atoms with E-state index >= 15 is 0 Å². The number of rotatable bonds is 4. The molecule has 0 saturated heterocycles. The van der Waals surface area contributed by atoms with Crippen molar-refractivity contribution in [3.8, 4) is 5.75 Å². The molecule has 0 aliphatic heterocycles. The molecule has 0 heterocycles. The molecule has 1 rings (SSSR count). The Labute approximate surface area is 83.1 Å². The van der Waals surface area contributed by atoms with Crippen LogP contribution in [0, 0.1) is 0 Å². The first kappa shape index (κ1) is 11.1. The van der Waals surface area contributed by atoms with E-state index in [2.05, 4.69) is 4.74 Å². The van der Waals surface area contributed by atoms with E-state index in [9.17, 15) is 18.4 Å². The van der Waals surface area contributed by atoms with Crippen molar-refractivity contribution in [1.82, 2.24) is 0 Å². The summed E-state index contributed by atoms with van der Waals surface area (Å²) in [6, 6.07) is 3.45. The lowest BCUT2D eigenvalue weighted by Gasteiger charge is -2.08. The summed E-state index contributed by atoms with van der Waals surface area (Å²) in [6.07, 6.45) is 0.168. The van der Waals surface area contributed by atoms with Crippen LogP contribution in [0.2, 0.25) is 0 Å². The zero-order valence-corrected chi connectivity index (χ0v) is 7.31. The summed E-state index contributed by atoms with van der Waals surface area (Å²) < 4.78 is 27.8. The van der Waals surface area contributed by atoms with Gasteiger partial charge >= 0.3 is 12.6 Å². The summed E-state index contributed by atoms with van der Waals surface area (Å²) in [5.74, 6) is -1.82. The Morgan fingerprint density at radius 1 is 1.47 bits per heavy atom. The Balaban J connectivity index is 3.22. The minimum atomic E-state index is -3.10. The maximum Gasteiger partial charge on any atom is 0.387 e. The predicted molar refractivity (Wildman–Crippen MR) is 45.4 cm³/mol. The van der Waals surface area contributed by atoms with Gasteiger partial charge in [-0.2, -0.15) is 8.78 Å². The normalized spacial score (nSPS) is 10.1. The van der Waals surface area contributed by atoms with Crippen molar-refractivity contribution in [2.24, 2.45) is 0 Å². The van der Waals surface area contributed by atoms with Crippen LogP contribution in [0.15, 0.2) is 18.2 Å². The first-order valence-electron chi connectivity index (χ1n) is 3.82. The number of carbonyl (C=O) groups is 2. The monoisotopic (exact) mass is 216 g/mol. The van der Waals surface area contributed by atoms with E-state index < -0.39 is 23.9 Å². The molecule has 0 aromatic heterocycles. The van der Waals surface area contributed by atoms with Gasteiger partial charge in [0.2, 0.25) is 0 Å². The minimum absolute atomic E-state index is 0.168.